The lowest BCUT2D eigenvalue weighted by molar-refractivity contribution is 0.0959. The van der Waals surface area contributed by atoms with Crippen LogP contribution in [-0.2, 0) is 12.8 Å². The maximum absolute atomic E-state index is 13.1. The molecule has 1 amide bonds. The molecule has 0 bridgehead atoms. The summed E-state index contributed by atoms with van der Waals surface area (Å²) in [6.07, 6.45) is 9.44. The number of nitrogens with zero attached hydrogens (tertiary/aromatic N) is 5. The quantitative estimate of drug-likeness (QED) is 0.193. The van der Waals surface area contributed by atoms with Gasteiger partial charge in [0.25, 0.3) is 5.91 Å². The van der Waals surface area contributed by atoms with Crippen molar-refractivity contribution in [2.75, 3.05) is 19.3 Å². The average molecular weight is 633 g/mol. The van der Waals surface area contributed by atoms with Gasteiger partial charge < -0.3 is 21.9 Å². The zero-order valence-electron chi connectivity index (χ0n) is 25.7. The molecular weight excluding hydrogens is 599 g/mol. The second-order valence-electron chi connectivity index (χ2n) is 11.2. The Kier molecular flexibility index (Phi) is 8.74. The molecule has 6 N–H and O–H groups in total. The third-order valence-corrected chi connectivity index (χ3v) is 8.16. The van der Waals surface area contributed by atoms with Crippen molar-refractivity contribution in [2.24, 2.45) is 10.7 Å². The van der Waals surface area contributed by atoms with Gasteiger partial charge in [0.15, 0.2) is 17.8 Å². The Labute approximate surface area is 269 Å². The van der Waals surface area contributed by atoms with Crippen LogP contribution in [0.5, 0.6) is 5.75 Å². The van der Waals surface area contributed by atoms with Crippen LogP contribution >= 0.6 is 0 Å². The van der Waals surface area contributed by atoms with E-state index in [9.17, 15) is 14.0 Å². The number of halogens is 1. The van der Waals surface area contributed by atoms with Gasteiger partial charge in [-0.25, -0.2) is 19.3 Å². The molecule has 5 aromatic rings. The number of aldehydes is 1. The van der Waals surface area contributed by atoms with Gasteiger partial charge in [-0.1, -0.05) is 6.07 Å². The molecule has 0 radical (unpaired) electrons. The van der Waals surface area contributed by atoms with E-state index < -0.39 is 17.5 Å². The highest BCUT2D eigenvalue weighted by Gasteiger charge is 2.21. The number of pyridine rings is 2. The fraction of sp³-hybridized carbons (Fsp3) is 0.200. The Bertz CT molecular complexity index is 2090. The molecule has 3 aromatic heterocycles. The number of nitrogens with one attached hydrogen (secondary N) is 1. The number of phenolic OH excluding ortho intramolecular Hbond substituents is 1. The van der Waals surface area contributed by atoms with Gasteiger partial charge in [0, 0.05) is 37.3 Å². The number of carbonyl (C=O) groups excluding carboxylic acids is 2. The van der Waals surface area contributed by atoms with E-state index in [1.54, 1.807) is 6.20 Å². The number of aromatic hydroxyl groups is 1. The van der Waals surface area contributed by atoms with Crippen LogP contribution in [0, 0.1) is 5.82 Å². The Balaban J connectivity index is 0.000000233. The number of aryl methyl sites for hydroxylation is 2. The number of fused-ring (bicyclic) bond motifs is 2. The predicted molar refractivity (Wildman–Crippen MR) is 179 cm³/mol. The molecule has 1 aliphatic carbocycles. The van der Waals surface area contributed by atoms with Crippen molar-refractivity contribution >= 4 is 40.6 Å². The van der Waals surface area contributed by atoms with Crippen LogP contribution in [0.15, 0.2) is 71.9 Å². The lowest BCUT2D eigenvalue weighted by Crippen LogP contribution is -2.19. The minimum atomic E-state index is -0.868. The Morgan fingerprint density at radius 1 is 1.04 bits per heavy atom. The molecule has 47 heavy (non-hydrogen) atoms. The largest absolute Gasteiger partial charge is 0.507 e. The molecule has 0 fully saturated rings. The van der Waals surface area contributed by atoms with Crippen LogP contribution in [0.3, 0.4) is 0 Å². The molecule has 0 saturated carbocycles. The van der Waals surface area contributed by atoms with Gasteiger partial charge in [-0.2, -0.15) is 0 Å². The van der Waals surface area contributed by atoms with Crippen LogP contribution in [0.25, 0.3) is 33.9 Å². The molecular formula is C35H33FN8O3. The standard InChI is InChI=1S/C26H25N7.C9H8FNO3/c27-21(15-18-6-2-12-29-18)22-10-11-23-26(31-22)33(19-9-8-16-4-1-5-17(16)14-19)25(32-23)20-7-3-13-30-24(20)28;1-11-9(14)6-2-5(4-12)8(13)3-7(6)10/h3,7-11,13-15H,1-2,4-6,12,27H2,(H2,28,30);2-4,13H,1H3,(H,11,14)/b21-15-;. The normalized spacial score (nSPS) is 13.9. The summed E-state index contributed by atoms with van der Waals surface area (Å²) in [4.78, 5) is 40.1. The molecule has 2 aliphatic rings. The Morgan fingerprint density at radius 3 is 2.62 bits per heavy atom. The maximum atomic E-state index is 13.1. The van der Waals surface area contributed by atoms with E-state index in [2.05, 4.69) is 38.1 Å². The van der Waals surface area contributed by atoms with E-state index in [1.807, 2.05) is 30.3 Å². The van der Waals surface area contributed by atoms with Gasteiger partial charge in [-0.05, 0) is 91.8 Å². The molecule has 0 atom stereocenters. The average Bonchev–Trinajstić information content (AvgIpc) is 3.84. The summed E-state index contributed by atoms with van der Waals surface area (Å²) < 4.78 is 15.1. The zero-order valence-corrected chi connectivity index (χ0v) is 25.7. The predicted octanol–water partition coefficient (Wildman–Crippen LogP) is 4.79. The highest BCUT2D eigenvalue weighted by atomic mass is 19.1. The van der Waals surface area contributed by atoms with Crippen molar-refractivity contribution in [3.8, 4) is 22.8 Å². The third-order valence-electron chi connectivity index (χ3n) is 8.16. The molecule has 0 saturated heterocycles. The number of imidazole rings is 1. The van der Waals surface area contributed by atoms with Crippen LogP contribution in [0.2, 0.25) is 0 Å². The van der Waals surface area contributed by atoms with Gasteiger partial charge in [-0.3, -0.25) is 19.1 Å². The fourth-order valence-corrected chi connectivity index (χ4v) is 5.76. The van der Waals surface area contributed by atoms with Crippen molar-refractivity contribution in [1.29, 1.82) is 0 Å². The number of benzene rings is 2. The number of aliphatic imine (C=N–C) groups is 1. The van der Waals surface area contributed by atoms with Gasteiger partial charge in [0.2, 0.25) is 0 Å². The zero-order chi connectivity index (χ0) is 33.1. The Morgan fingerprint density at radius 2 is 1.87 bits per heavy atom. The van der Waals surface area contributed by atoms with Crippen LogP contribution in [0.4, 0.5) is 10.2 Å². The summed E-state index contributed by atoms with van der Waals surface area (Å²) in [6.45, 7) is 0.868. The number of phenols is 1. The first-order valence-corrected chi connectivity index (χ1v) is 15.2. The molecule has 238 valence electrons. The lowest BCUT2D eigenvalue weighted by Gasteiger charge is -2.12. The number of nitrogens with two attached hydrogens (primary N) is 2. The highest BCUT2D eigenvalue weighted by molar-refractivity contribution is 6.01. The van der Waals surface area contributed by atoms with E-state index >= 15 is 0 Å². The first-order chi connectivity index (χ1) is 22.8. The number of nitrogen functional groups attached to an aromatic ring is 1. The summed E-state index contributed by atoms with van der Waals surface area (Å²) in [5.41, 5.74) is 20.8. The number of aromatic nitrogens is 4. The lowest BCUT2D eigenvalue weighted by atomic mass is 10.1. The van der Waals surface area contributed by atoms with Crippen molar-refractivity contribution in [3.05, 3.63) is 101 Å². The third kappa shape index (κ3) is 6.30. The maximum Gasteiger partial charge on any atom is 0.254 e. The van der Waals surface area contributed by atoms with E-state index in [0.717, 1.165) is 78.3 Å². The van der Waals surface area contributed by atoms with Gasteiger partial charge in [-0.15, -0.1) is 0 Å². The van der Waals surface area contributed by atoms with Crippen LogP contribution < -0.4 is 16.8 Å². The summed E-state index contributed by atoms with van der Waals surface area (Å²) in [5, 5.41) is 11.3. The summed E-state index contributed by atoms with van der Waals surface area (Å²) >= 11 is 0. The Hall–Kier alpha value is -5.91. The number of amides is 1. The smallest absolute Gasteiger partial charge is 0.254 e. The monoisotopic (exact) mass is 632 g/mol. The van der Waals surface area contributed by atoms with Crippen LogP contribution in [0.1, 0.15) is 56.8 Å². The second kappa shape index (κ2) is 13.2. The van der Waals surface area contributed by atoms with Crippen molar-refractivity contribution in [2.45, 2.75) is 32.1 Å². The second-order valence-corrected chi connectivity index (χ2v) is 11.2. The molecule has 12 heteroatoms. The van der Waals surface area contributed by atoms with E-state index in [4.69, 9.17) is 26.5 Å². The van der Waals surface area contributed by atoms with Gasteiger partial charge in [0.1, 0.15) is 22.9 Å². The first kappa shape index (κ1) is 31.1. The highest BCUT2D eigenvalue weighted by Crippen LogP contribution is 2.33. The number of allylic oxidation sites excluding steroid dienone is 1. The minimum absolute atomic E-state index is 0.120. The van der Waals surface area contributed by atoms with Gasteiger partial charge >= 0.3 is 0 Å². The first-order valence-electron chi connectivity index (χ1n) is 15.2. The van der Waals surface area contributed by atoms with Crippen molar-refractivity contribution in [3.63, 3.8) is 0 Å². The van der Waals surface area contributed by atoms with Crippen molar-refractivity contribution in [1.82, 2.24) is 24.8 Å². The molecule has 11 nitrogen and oxygen atoms in total. The topological polar surface area (TPSA) is 174 Å². The van der Waals surface area contributed by atoms with Gasteiger partial charge in [0.05, 0.1) is 28.1 Å². The molecule has 7 rings (SSSR count). The number of hydrogen-bond donors (Lipinski definition) is 4. The number of carbonyl (C=O) groups is 2. The van der Waals surface area contributed by atoms with Crippen LogP contribution in [-0.4, -0.2) is 56.1 Å². The summed E-state index contributed by atoms with van der Waals surface area (Å²) in [7, 11) is 1.34. The molecule has 4 heterocycles. The molecule has 0 unspecified atom stereocenters. The fourth-order valence-electron chi connectivity index (χ4n) is 5.76. The summed E-state index contributed by atoms with van der Waals surface area (Å²) in [5.74, 6) is -0.835. The van der Waals surface area contributed by atoms with Crippen molar-refractivity contribution < 1.29 is 19.1 Å². The minimum Gasteiger partial charge on any atom is -0.507 e. The SMILES string of the molecule is CNC(=O)c1cc(C=O)c(O)cc1F.N/C(=C\C1=NCCC1)c1ccc2nc(-c3cccnc3N)n(-c3ccc4c(c3)CCC4)c2n1. The number of hydrogen-bond acceptors (Lipinski definition) is 9. The number of rotatable bonds is 6. The van der Waals surface area contributed by atoms with E-state index in [1.165, 1.54) is 24.6 Å². The molecule has 1 aliphatic heterocycles. The summed E-state index contributed by atoms with van der Waals surface area (Å²) in [6, 6.07) is 16.0. The van der Waals surface area contributed by atoms with E-state index in [-0.39, 0.29) is 11.1 Å². The number of anilines is 1. The van der Waals surface area contributed by atoms with E-state index in [0.29, 0.717) is 23.5 Å². The molecule has 0 spiro atoms. The molecule has 2 aromatic carbocycles.